The first-order valence-corrected chi connectivity index (χ1v) is 17.7. The first kappa shape index (κ1) is 22.5. The van der Waals surface area contributed by atoms with Gasteiger partial charge in [0.2, 0.25) is 0 Å². The molecule has 0 spiro atoms. The van der Waals surface area contributed by atoms with Gasteiger partial charge in [-0.3, -0.25) is 0 Å². The molecule has 0 N–H and O–H groups in total. The van der Waals surface area contributed by atoms with Crippen molar-refractivity contribution in [2.45, 2.75) is 0 Å². The molecule has 3 aromatic heterocycles. The second kappa shape index (κ2) is 11.8. The Morgan fingerprint density at radius 1 is 0.440 bits per heavy atom. The van der Waals surface area contributed by atoms with Crippen molar-refractivity contribution < 1.29 is 14.0 Å². The number of para-hydroxylation sites is 1. The van der Waals surface area contributed by atoms with Crippen LogP contribution < -0.4 is 0 Å². The van der Waals surface area contributed by atoms with Crippen LogP contribution in [0.5, 0.6) is 0 Å². The van der Waals surface area contributed by atoms with Crippen LogP contribution in [0.4, 0.5) is 0 Å². The summed E-state index contributed by atoms with van der Waals surface area (Å²) in [5.41, 5.74) is 7.24. The SMILES string of the molecule is [2H]c1c([2H])c([2H])c2c([se]c3c(-c4nc(-c5ccc(-c6ccc(-c7ccccc7)cc6)cc5)nc(-c5cccc6oc7ccccc7c56)n4)c([2H])c([2H])c([2H])c32)c1[2H]. The molecular formula is C45H27N3OSe. The van der Waals surface area contributed by atoms with E-state index in [0.29, 0.717) is 42.5 Å². The van der Waals surface area contributed by atoms with E-state index in [1.165, 1.54) is 0 Å². The fourth-order valence-corrected chi connectivity index (χ4v) is 8.71. The number of nitrogens with zero attached hydrogens (tertiary/aromatic N) is 3. The van der Waals surface area contributed by atoms with E-state index < -0.39 is 20.5 Å². The van der Waals surface area contributed by atoms with Crippen molar-refractivity contribution in [2.75, 3.05) is 0 Å². The molecule has 7 aromatic carbocycles. The average Bonchev–Trinajstić information content (AvgIpc) is 3.84. The molecule has 0 bridgehead atoms. The first-order chi connectivity index (χ1) is 27.7. The Balaban J connectivity index is 1.20. The number of aromatic nitrogens is 3. The Kier molecular flexibility index (Phi) is 5.30. The minimum atomic E-state index is -0.749. The number of benzene rings is 7. The van der Waals surface area contributed by atoms with E-state index in [0.717, 1.165) is 33.0 Å². The van der Waals surface area contributed by atoms with Crippen molar-refractivity contribution in [3.05, 3.63) is 164 Å². The van der Waals surface area contributed by atoms with Gasteiger partial charge in [0.15, 0.2) is 0 Å². The van der Waals surface area contributed by atoms with Crippen molar-refractivity contribution >= 4 is 55.7 Å². The molecule has 0 aliphatic rings. The summed E-state index contributed by atoms with van der Waals surface area (Å²) >= 11 is -0.749. The van der Waals surface area contributed by atoms with E-state index in [9.17, 15) is 1.37 Å². The van der Waals surface area contributed by atoms with E-state index in [2.05, 4.69) is 36.4 Å². The molecule has 0 amide bonds. The molecule has 4 nitrogen and oxygen atoms in total. The van der Waals surface area contributed by atoms with Crippen molar-refractivity contribution in [2.24, 2.45) is 0 Å². The van der Waals surface area contributed by atoms with E-state index in [1.807, 2.05) is 84.9 Å². The van der Waals surface area contributed by atoms with Crippen LogP contribution in [0, 0.1) is 0 Å². The van der Waals surface area contributed by atoms with Crippen LogP contribution in [-0.2, 0) is 0 Å². The molecule has 0 unspecified atom stereocenters. The summed E-state index contributed by atoms with van der Waals surface area (Å²) in [5.74, 6) is 0.752. The van der Waals surface area contributed by atoms with Gasteiger partial charge in [0, 0.05) is 0 Å². The predicted molar refractivity (Wildman–Crippen MR) is 206 cm³/mol. The van der Waals surface area contributed by atoms with Crippen molar-refractivity contribution in [1.82, 2.24) is 15.0 Å². The van der Waals surface area contributed by atoms with Crippen LogP contribution in [0.25, 0.3) is 97.6 Å². The number of fused-ring (bicyclic) bond motifs is 6. The normalized spacial score (nSPS) is 13.6. The Morgan fingerprint density at radius 3 is 1.82 bits per heavy atom. The molecule has 0 saturated carbocycles. The second-order valence-electron chi connectivity index (χ2n) is 11.9. The fourth-order valence-electron chi connectivity index (χ4n) is 6.48. The topological polar surface area (TPSA) is 51.8 Å². The number of furan rings is 1. The van der Waals surface area contributed by atoms with Gasteiger partial charge in [-0.1, -0.05) is 30.3 Å². The standard InChI is InChI=1S/C45H27N3OSe/c1-2-10-28(11-3-1)29-20-22-30(23-21-29)31-24-26-32(27-25-31)43-46-44(36-15-9-18-39-41(36)35-13-4-6-17-38(35)49-39)48-45(47-43)37-16-8-14-34-33-12-5-7-19-40(33)50-42(34)37/h1-27H/i5D,7D,8D,12D,14D,16D,19D. The molecule has 10 aromatic rings. The molecule has 234 valence electrons. The number of hydrogen-bond acceptors (Lipinski definition) is 4. The quantitative estimate of drug-likeness (QED) is 0.167. The van der Waals surface area contributed by atoms with Gasteiger partial charge in [-0.15, -0.1) is 0 Å². The second-order valence-corrected chi connectivity index (χ2v) is 14.0. The van der Waals surface area contributed by atoms with Gasteiger partial charge in [-0.25, -0.2) is 0 Å². The molecule has 10 rings (SSSR count). The number of rotatable bonds is 5. The molecule has 0 saturated heterocycles. The van der Waals surface area contributed by atoms with Crippen LogP contribution in [0.2, 0.25) is 0 Å². The molecule has 0 radical (unpaired) electrons. The fraction of sp³-hybridized carbons (Fsp3) is 0. The molecular weight excluding hydrogens is 677 g/mol. The van der Waals surface area contributed by atoms with Gasteiger partial charge >= 0.3 is 263 Å². The van der Waals surface area contributed by atoms with Crippen LogP contribution in [0.15, 0.2) is 168 Å². The Morgan fingerprint density at radius 2 is 1.04 bits per heavy atom. The minimum absolute atomic E-state index is 0.111. The van der Waals surface area contributed by atoms with E-state index in [4.69, 9.17) is 27.6 Å². The van der Waals surface area contributed by atoms with Gasteiger partial charge in [0.1, 0.15) is 0 Å². The molecule has 3 heterocycles. The Bertz CT molecular complexity index is 3260. The van der Waals surface area contributed by atoms with E-state index in [-0.39, 0.29) is 58.4 Å². The van der Waals surface area contributed by atoms with Gasteiger partial charge < -0.3 is 0 Å². The van der Waals surface area contributed by atoms with Crippen LogP contribution >= 0.6 is 0 Å². The summed E-state index contributed by atoms with van der Waals surface area (Å²) in [7, 11) is 0. The predicted octanol–water partition coefficient (Wildman–Crippen LogP) is 11.5. The third-order valence-electron chi connectivity index (χ3n) is 8.91. The average molecular weight is 712 g/mol. The molecule has 50 heavy (non-hydrogen) atoms. The van der Waals surface area contributed by atoms with Gasteiger partial charge in [0.25, 0.3) is 0 Å². The summed E-state index contributed by atoms with van der Waals surface area (Å²) in [6.07, 6.45) is 0. The molecule has 0 aliphatic heterocycles. The Hall–Kier alpha value is -6.13. The summed E-state index contributed by atoms with van der Waals surface area (Å²) < 4.78 is 68.3. The van der Waals surface area contributed by atoms with Crippen molar-refractivity contribution in [3.8, 4) is 56.4 Å². The maximum absolute atomic E-state index is 9.22. The third kappa shape index (κ3) is 4.87. The van der Waals surface area contributed by atoms with E-state index >= 15 is 0 Å². The molecule has 0 fully saturated rings. The Labute approximate surface area is 303 Å². The third-order valence-corrected chi connectivity index (χ3v) is 11.3. The molecule has 5 heteroatoms. The van der Waals surface area contributed by atoms with Crippen molar-refractivity contribution in [3.63, 3.8) is 0 Å². The van der Waals surface area contributed by atoms with Crippen LogP contribution in [0.1, 0.15) is 9.60 Å². The zero-order valence-corrected chi connectivity index (χ0v) is 27.9. The molecule has 0 atom stereocenters. The van der Waals surface area contributed by atoms with Crippen LogP contribution in [-0.4, -0.2) is 29.5 Å². The maximum atomic E-state index is 9.22. The van der Waals surface area contributed by atoms with Crippen molar-refractivity contribution in [1.29, 1.82) is 0 Å². The van der Waals surface area contributed by atoms with Gasteiger partial charge in [-0.2, -0.15) is 0 Å². The number of hydrogen-bond donors (Lipinski definition) is 0. The monoisotopic (exact) mass is 712 g/mol. The zero-order chi connectivity index (χ0) is 39.1. The zero-order valence-electron chi connectivity index (χ0n) is 33.2. The summed E-state index contributed by atoms with van der Waals surface area (Å²) in [4.78, 5) is 15.0. The summed E-state index contributed by atoms with van der Waals surface area (Å²) in [5, 5.41) is 2.12. The van der Waals surface area contributed by atoms with Gasteiger partial charge in [-0.05, 0) is 11.1 Å². The van der Waals surface area contributed by atoms with E-state index in [1.54, 1.807) is 0 Å². The summed E-state index contributed by atoms with van der Waals surface area (Å²) in [6.45, 7) is 0. The van der Waals surface area contributed by atoms with Gasteiger partial charge in [0.05, 0.1) is 0 Å². The molecule has 0 aliphatic carbocycles. The van der Waals surface area contributed by atoms with Crippen LogP contribution in [0.3, 0.4) is 0 Å². The summed E-state index contributed by atoms with van der Waals surface area (Å²) in [6, 6.07) is 37.8. The first-order valence-electron chi connectivity index (χ1n) is 19.5.